The van der Waals surface area contributed by atoms with Crippen molar-refractivity contribution in [1.29, 1.82) is 0 Å². The Morgan fingerprint density at radius 2 is 1.73 bits per heavy atom. The molecule has 0 aliphatic rings. The molecule has 78 valence electrons. The van der Waals surface area contributed by atoms with Crippen LogP contribution in [0.1, 0.15) is 29.4 Å². The van der Waals surface area contributed by atoms with Crippen molar-refractivity contribution in [2.24, 2.45) is 0 Å². The molecule has 2 rings (SSSR count). The first kappa shape index (κ1) is 9.90. The third kappa shape index (κ3) is 2.24. The van der Waals surface area contributed by atoms with Gasteiger partial charge in [0.1, 0.15) is 0 Å². The lowest BCUT2D eigenvalue weighted by atomic mass is 10.1. The van der Waals surface area contributed by atoms with E-state index in [1.807, 2.05) is 0 Å². The molecule has 0 unspecified atom stereocenters. The Hall–Kier alpha value is -1.64. The van der Waals surface area contributed by atoms with E-state index in [0.717, 1.165) is 24.2 Å². The molecule has 1 aromatic heterocycles. The number of aromatic nitrogens is 3. The van der Waals surface area contributed by atoms with E-state index < -0.39 is 0 Å². The van der Waals surface area contributed by atoms with E-state index in [2.05, 4.69) is 53.5 Å². The Morgan fingerprint density at radius 3 is 2.40 bits per heavy atom. The maximum atomic E-state index is 4.17. The number of hydrogen-bond acceptors (Lipinski definition) is 2. The standard InChI is InChI=1S/C12H15N3/c1-3-11-12(14-15-13-11)8-10-6-4-9(2)5-7-10/h4-7H,3,8H2,1-2H3,(H,13,14,15). The van der Waals surface area contributed by atoms with E-state index in [4.69, 9.17) is 0 Å². The van der Waals surface area contributed by atoms with Crippen LogP contribution in [0.15, 0.2) is 24.3 Å². The fourth-order valence-corrected chi connectivity index (χ4v) is 1.60. The van der Waals surface area contributed by atoms with E-state index >= 15 is 0 Å². The lowest BCUT2D eigenvalue weighted by Gasteiger charge is -2.00. The summed E-state index contributed by atoms with van der Waals surface area (Å²) in [6, 6.07) is 8.54. The zero-order valence-electron chi connectivity index (χ0n) is 9.12. The molecular formula is C12H15N3. The highest BCUT2D eigenvalue weighted by molar-refractivity contribution is 5.26. The number of hydrogen-bond donors (Lipinski definition) is 1. The van der Waals surface area contributed by atoms with Crippen LogP contribution >= 0.6 is 0 Å². The summed E-state index contributed by atoms with van der Waals surface area (Å²) in [5.41, 5.74) is 4.69. The summed E-state index contributed by atoms with van der Waals surface area (Å²) in [5.74, 6) is 0. The van der Waals surface area contributed by atoms with Gasteiger partial charge in [-0.2, -0.15) is 15.4 Å². The molecule has 1 N–H and O–H groups in total. The van der Waals surface area contributed by atoms with Crippen molar-refractivity contribution >= 4 is 0 Å². The van der Waals surface area contributed by atoms with Crippen molar-refractivity contribution in [3.05, 3.63) is 46.8 Å². The number of aromatic amines is 1. The van der Waals surface area contributed by atoms with E-state index in [1.54, 1.807) is 0 Å². The van der Waals surface area contributed by atoms with Gasteiger partial charge in [0.2, 0.25) is 0 Å². The number of H-pyrrole nitrogens is 1. The summed E-state index contributed by atoms with van der Waals surface area (Å²) >= 11 is 0. The van der Waals surface area contributed by atoms with Crippen molar-refractivity contribution in [3.63, 3.8) is 0 Å². The smallest absolute Gasteiger partial charge is 0.0900 e. The van der Waals surface area contributed by atoms with Gasteiger partial charge in [0.25, 0.3) is 0 Å². The summed E-state index contributed by atoms with van der Waals surface area (Å²) in [6.45, 7) is 4.19. The molecule has 1 aromatic carbocycles. The maximum Gasteiger partial charge on any atom is 0.0900 e. The predicted molar refractivity (Wildman–Crippen MR) is 59.7 cm³/mol. The van der Waals surface area contributed by atoms with Crippen LogP contribution in [0.25, 0.3) is 0 Å². The number of rotatable bonds is 3. The maximum absolute atomic E-state index is 4.17. The molecular weight excluding hydrogens is 186 g/mol. The Bertz CT molecular complexity index is 428. The molecule has 0 saturated carbocycles. The van der Waals surface area contributed by atoms with Crippen molar-refractivity contribution in [2.75, 3.05) is 0 Å². The van der Waals surface area contributed by atoms with Crippen molar-refractivity contribution < 1.29 is 0 Å². The molecule has 0 aliphatic carbocycles. The number of benzene rings is 1. The summed E-state index contributed by atoms with van der Waals surface area (Å²) in [5, 5.41) is 11.0. The molecule has 0 saturated heterocycles. The Labute approximate surface area is 89.5 Å². The average Bonchev–Trinajstić information content (AvgIpc) is 2.69. The highest BCUT2D eigenvalue weighted by Crippen LogP contribution is 2.11. The van der Waals surface area contributed by atoms with E-state index in [1.165, 1.54) is 11.1 Å². The quantitative estimate of drug-likeness (QED) is 0.827. The van der Waals surface area contributed by atoms with Crippen molar-refractivity contribution in [2.45, 2.75) is 26.7 Å². The van der Waals surface area contributed by atoms with Crippen LogP contribution in [0.2, 0.25) is 0 Å². The van der Waals surface area contributed by atoms with Crippen LogP contribution in [0.3, 0.4) is 0 Å². The van der Waals surface area contributed by atoms with Crippen LogP contribution in [0.4, 0.5) is 0 Å². The minimum Gasteiger partial charge on any atom is -0.197 e. The third-order valence-corrected chi connectivity index (χ3v) is 2.53. The highest BCUT2D eigenvalue weighted by Gasteiger charge is 2.05. The topological polar surface area (TPSA) is 41.6 Å². The van der Waals surface area contributed by atoms with E-state index in [0.29, 0.717) is 0 Å². The lowest BCUT2D eigenvalue weighted by Crippen LogP contribution is -1.93. The van der Waals surface area contributed by atoms with Gasteiger partial charge in [-0.25, -0.2) is 0 Å². The normalized spacial score (nSPS) is 10.5. The Morgan fingerprint density at radius 1 is 1.07 bits per heavy atom. The first-order valence-corrected chi connectivity index (χ1v) is 5.23. The second-order valence-electron chi connectivity index (χ2n) is 3.73. The third-order valence-electron chi connectivity index (χ3n) is 2.53. The largest absolute Gasteiger partial charge is 0.197 e. The molecule has 3 nitrogen and oxygen atoms in total. The van der Waals surface area contributed by atoms with Crippen LogP contribution in [-0.2, 0) is 12.8 Å². The molecule has 15 heavy (non-hydrogen) atoms. The summed E-state index contributed by atoms with van der Waals surface area (Å²) in [4.78, 5) is 0. The minimum atomic E-state index is 0.861. The van der Waals surface area contributed by atoms with Gasteiger partial charge >= 0.3 is 0 Å². The molecule has 1 heterocycles. The summed E-state index contributed by atoms with van der Waals surface area (Å²) in [7, 11) is 0. The second kappa shape index (κ2) is 4.26. The Balaban J connectivity index is 2.18. The summed E-state index contributed by atoms with van der Waals surface area (Å²) < 4.78 is 0. The van der Waals surface area contributed by atoms with Gasteiger partial charge in [-0.05, 0) is 18.9 Å². The van der Waals surface area contributed by atoms with Crippen LogP contribution < -0.4 is 0 Å². The fraction of sp³-hybridized carbons (Fsp3) is 0.333. The van der Waals surface area contributed by atoms with E-state index in [9.17, 15) is 0 Å². The predicted octanol–water partition coefficient (Wildman–Crippen LogP) is 2.27. The summed E-state index contributed by atoms with van der Waals surface area (Å²) in [6.07, 6.45) is 1.79. The van der Waals surface area contributed by atoms with Gasteiger partial charge in [0.15, 0.2) is 0 Å². The molecule has 0 spiro atoms. The Kier molecular flexibility index (Phi) is 2.81. The van der Waals surface area contributed by atoms with Crippen LogP contribution in [0, 0.1) is 6.92 Å². The fourth-order valence-electron chi connectivity index (χ4n) is 1.60. The average molecular weight is 201 g/mol. The SMILES string of the molecule is CCc1n[nH]nc1Cc1ccc(C)cc1. The molecule has 0 amide bonds. The lowest BCUT2D eigenvalue weighted by molar-refractivity contribution is 0.903. The van der Waals surface area contributed by atoms with Gasteiger partial charge in [-0.1, -0.05) is 36.8 Å². The molecule has 0 fully saturated rings. The minimum absolute atomic E-state index is 0.861. The molecule has 0 aliphatic heterocycles. The van der Waals surface area contributed by atoms with Gasteiger partial charge in [-0.15, -0.1) is 0 Å². The molecule has 0 atom stereocenters. The number of nitrogens with zero attached hydrogens (tertiary/aromatic N) is 2. The molecule has 2 aromatic rings. The first-order chi connectivity index (χ1) is 7.29. The van der Waals surface area contributed by atoms with Crippen LogP contribution in [-0.4, -0.2) is 15.4 Å². The van der Waals surface area contributed by atoms with Gasteiger partial charge in [0, 0.05) is 6.42 Å². The molecule has 0 bridgehead atoms. The zero-order chi connectivity index (χ0) is 10.7. The molecule has 3 heteroatoms. The van der Waals surface area contributed by atoms with Gasteiger partial charge in [0.05, 0.1) is 11.4 Å². The highest BCUT2D eigenvalue weighted by atomic mass is 15.3. The van der Waals surface area contributed by atoms with Crippen molar-refractivity contribution in [3.8, 4) is 0 Å². The monoisotopic (exact) mass is 201 g/mol. The van der Waals surface area contributed by atoms with Crippen molar-refractivity contribution in [1.82, 2.24) is 15.4 Å². The number of nitrogens with one attached hydrogen (secondary N) is 1. The first-order valence-electron chi connectivity index (χ1n) is 5.23. The van der Waals surface area contributed by atoms with Gasteiger partial charge < -0.3 is 0 Å². The van der Waals surface area contributed by atoms with Gasteiger partial charge in [-0.3, -0.25) is 0 Å². The van der Waals surface area contributed by atoms with Crippen LogP contribution in [0.5, 0.6) is 0 Å². The zero-order valence-corrected chi connectivity index (χ0v) is 9.12. The molecule has 0 radical (unpaired) electrons. The van der Waals surface area contributed by atoms with E-state index in [-0.39, 0.29) is 0 Å². The number of aryl methyl sites for hydroxylation is 2. The second-order valence-corrected chi connectivity index (χ2v) is 3.73.